The molecule has 6 aromatic carbocycles. The number of hydrogen-bond acceptors (Lipinski definition) is 4. The average Bonchev–Trinajstić information content (AvgIpc) is 3.42. The minimum absolute atomic E-state index is 0.0846. The van der Waals surface area contributed by atoms with Crippen LogP contribution in [0.1, 0.15) is 13.8 Å². The maximum Gasteiger partial charge on any atom is 0.217 e. The van der Waals surface area contributed by atoms with E-state index in [9.17, 15) is 5.11 Å². The van der Waals surface area contributed by atoms with E-state index in [2.05, 4.69) is 102 Å². The lowest BCUT2D eigenvalue weighted by Gasteiger charge is -2.15. The van der Waals surface area contributed by atoms with Crippen LogP contribution in [0.25, 0.3) is 72.0 Å². The lowest BCUT2D eigenvalue weighted by molar-refractivity contribution is 0.232. The lowest BCUT2D eigenvalue weighted by atomic mass is 9.96. The Morgan fingerprint density at radius 2 is 1.28 bits per heavy atom. The van der Waals surface area contributed by atoms with Crippen molar-refractivity contribution in [3.05, 3.63) is 140 Å². The van der Waals surface area contributed by atoms with Gasteiger partial charge in [-0.15, -0.1) is 0 Å². The van der Waals surface area contributed by atoms with Crippen molar-refractivity contribution in [3.63, 3.8) is 0 Å². The number of ether oxygens (including phenoxy) is 1. The van der Waals surface area contributed by atoms with E-state index in [1.807, 2.05) is 44.2 Å². The van der Waals surface area contributed by atoms with Crippen LogP contribution in [0.3, 0.4) is 0 Å². The Hall–Kier alpha value is -5.94. The summed E-state index contributed by atoms with van der Waals surface area (Å²) in [6, 6.07) is 47.6. The average molecular weight is 598 g/mol. The van der Waals surface area contributed by atoms with E-state index in [0.717, 1.165) is 44.3 Å². The smallest absolute Gasteiger partial charge is 0.217 e. The van der Waals surface area contributed by atoms with Gasteiger partial charge in [-0.1, -0.05) is 97.1 Å². The molecular weight excluding hydrogens is 566 g/mol. The number of rotatable bonds is 6. The molecule has 0 radical (unpaired) electrons. The molecule has 1 N–H and O–H groups in total. The van der Waals surface area contributed by atoms with Gasteiger partial charge in [-0.3, -0.25) is 0 Å². The van der Waals surface area contributed by atoms with Crippen molar-refractivity contribution in [2.75, 3.05) is 0 Å². The zero-order valence-corrected chi connectivity index (χ0v) is 25.6. The number of fused-ring (bicyclic) bond motifs is 5. The molecule has 8 aromatic rings. The van der Waals surface area contributed by atoms with Crippen molar-refractivity contribution in [2.45, 2.75) is 20.0 Å². The molecule has 0 aliphatic rings. The van der Waals surface area contributed by atoms with Crippen molar-refractivity contribution in [1.82, 2.24) is 14.5 Å². The number of hydrogen-bond donors (Lipinski definition) is 1. The number of aromatic nitrogens is 3. The molecule has 0 aliphatic heterocycles. The van der Waals surface area contributed by atoms with Crippen LogP contribution in [0.5, 0.6) is 11.6 Å². The SMILES string of the molecule is CC(C)Oc1cc(-c2cc3c(c4ccccc24)c2ccc(-c4ccccc4)cc2n3-c2ccccc2)nc(-c2ccccc2O)n1. The van der Waals surface area contributed by atoms with E-state index in [1.54, 1.807) is 12.1 Å². The Morgan fingerprint density at radius 1 is 0.587 bits per heavy atom. The summed E-state index contributed by atoms with van der Waals surface area (Å²) in [6.07, 6.45) is -0.0846. The highest BCUT2D eigenvalue weighted by Gasteiger charge is 2.21. The van der Waals surface area contributed by atoms with Gasteiger partial charge in [0.15, 0.2) is 5.82 Å². The summed E-state index contributed by atoms with van der Waals surface area (Å²) in [7, 11) is 0. The fraction of sp³-hybridized carbons (Fsp3) is 0.0732. The van der Waals surface area contributed by atoms with Crippen molar-refractivity contribution in [1.29, 1.82) is 0 Å². The number of phenolic OH excluding ortho intramolecular Hbond substituents is 1. The fourth-order valence-electron chi connectivity index (χ4n) is 6.40. The van der Waals surface area contributed by atoms with Crippen LogP contribution in [0.15, 0.2) is 140 Å². The predicted molar refractivity (Wildman–Crippen MR) is 188 cm³/mol. The van der Waals surface area contributed by atoms with Crippen molar-refractivity contribution >= 4 is 32.6 Å². The molecule has 0 aliphatic carbocycles. The molecule has 5 nitrogen and oxygen atoms in total. The van der Waals surface area contributed by atoms with Crippen LogP contribution in [-0.2, 0) is 0 Å². The minimum Gasteiger partial charge on any atom is -0.507 e. The monoisotopic (exact) mass is 597 g/mol. The Bertz CT molecular complexity index is 2380. The number of phenols is 1. The quantitative estimate of drug-likeness (QED) is 0.207. The Labute approximate surface area is 267 Å². The summed E-state index contributed by atoms with van der Waals surface area (Å²) < 4.78 is 8.49. The number of nitrogens with zero attached hydrogens (tertiary/aromatic N) is 3. The van der Waals surface area contributed by atoms with Crippen LogP contribution >= 0.6 is 0 Å². The Morgan fingerprint density at radius 3 is 2.04 bits per heavy atom. The lowest BCUT2D eigenvalue weighted by Crippen LogP contribution is -2.08. The number of benzene rings is 6. The second kappa shape index (κ2) is 11.2. The van der Waals surface area contributed by atoms with Crippen molar-refractivity contribution in [2.24, 2.45) is 0 Å². The first kappa shape index (κ1) is 27.6. The van der Waals surface area contributed by atoms with E-state index in [1.165, 1.54) is 16.3 Å². The first-order valence-corrected chi connectivity index (χ1v) is 15.5. The largest absolute Gasteiger partial charge is 0.507 e. The molecule has 0 bridgehead atoms. The van der Waals surface area contributed by atoms with Gasteiger partial charge in [-0.2, -0.15) is 4.98 Å². The highest BCUT2D eigenvalue weighted by atomic mass is 16.5. The summed E-state index contributed by atoms with van der Waals surface area (Å²) in [5, 5.41) is 15.3. The van der Waals surface area contributed by atoms with Crippen LogP contribution in [0.4, 0.5) is 0 Å². The number of aromatic hydroxyl groups is 1. The van der Waals surface area contributed by atoms with E-state index < -0.39 is 0 Å². The maximum atomic E-state index is 10.7. The molecule has 46 heavy (non-hydrogen) atoms. The minimum atomic E-state index is -0.0846. The van der Waals surface area contributed by atoms with Crippen LogP contribution in [0, 0.1) is 0 Å². The molecule has 0 amide bonds. The second-order valence-corrected chi connectivity index (χ2v) is 11.7. The molecule has 0 saturated heterocycles. The fourth-order valence-corrected chi connectivity index (χ4v) is 6.40. The normalized spacial score (nSPS) is 11.5. The highest BCUT2D eigenvalue weighted by Crippen LogP contribution is 2.43. The summed E-state index contributed by atoms with van der Waals surface area (Å²) in [5.41, 5.74) is 7.85. The molecule has 2 aromatic heterocycles. The molecule has 0 unspecified atom stereocenters. The summed E-state index contributed by atoms with van der Waals surface area (Å²) in [4.78, 5) is 9.76. The van der Waals surface area contributed by atoms with Crippen molar-refractivity contribution in [3.8, 4) is 51.1 Å². The van der Waals surface area contributed by atoms with Gasteiger partial charge in [0.05, 0.1) is 28.4 Å². The zero-order chi connectivity index (χ0) is 31.2. The third-order valence-electron chi connectivity index (χ3n) is 8.37. The van der Waals surface area contributed by atoms with Crippen molar-refractivity contribution < 1.29 is 9.84 Å². The van der Waals surface area contributed by atoms with Gasteiger partial charge in [-0.25, -0.2) is 4.98 Å². The van der Waals surface area contributed by atoms with Crippen LogP contribution < -0.4 is 4.74 Å². The van der Waals surface area contributed by atoms with Gasteiger partial charge in [0, 0.05) is 28.1 Å². The van der Waals surface area contributed by atoms with Gasteiger partial charge in [0.1, 0.15) is 5.75 Å². The summed E-state index contributed by atoms with van der Waals surface area (Å²) in [5.74, 6) is 0.985. The van der Waals surface area contributed by atoms with E-state index in [-0.39, 0.29) is 11.9 Å². The second-order valence-electron chi connectivity index (χ2n) is 11.7. The third kappa shape index (κ3) is 4.74. The molecular formula is C41H31N3O2. The van der Waals surface area contributed by atoms with Gasteiger partial charge >= 0.3 is 0 Å². The molecule has 2 heterocycles. The Balaban J connectivity index is 1.47. The summed E-state index contributed by atoms with van der Waals surface area (Å²) >= 11 is 0. The van der Waals surface area contributed by atoms with Gasteiger partial charge in [0.2, 0.25) is 5.88 Å². The standard InChI is InChI=1S/C41H31N3O2/c1-26(2)46-39-25-35(42-41(43-39)33-19-11-12-20-38(33)45)34-24-37-40(31-18-10-9-17-30(31)34)32-22-21-28(27-13-5-3-6-14-27)23-36(32)44(37)29-15-7-4-8-16-29/h3-26,45H,1-2H3. The molecule has 8 rings (SSSR count). The van der Waals surface area contributed by atoms with Crippen LogP contribution in [0.2, 0.25) is 0 Å². The molecule has 222 valence electrons. The summed E-state index contributed by atoms with van der Waals surface area (Å²) in [6.45, 7) is 3.95. The molecule has 0 saturated carbocycles. The van der Waals surface area contributed by atoms with Gasteiger partial charge < -0.3 is 14.4 Å². The maximum absolute atomic E-state index is 10.7. The zero-order valence-electron chi connectivity index (χ0n) is 25.6. The number of para-hydroxylation sites is 2. The predicted octanol–water partition coefficient (Wildman–Crippen LogP) is 10.2. The van der Waals surface area contributed by atoms with E-state index >= 15 is 0 Å². The van der Waals surface area contributed by atoms with E-state index in [4.69, 9.17) is 14.7 Å². The molecule has 0 fully saturated rings. The molecule has 5 heteroatoms. The first-order valence-electron chi connectivity index (χ1n) is 15.5. The Kier molecular flexibility index (Phi) is 6.72. The topological polar surface area (TPSA) is 60.2 Å². The molecule has 0 atom stereocenters. The van der Waals surface area contributed by atoms with E-state index in [0.29, 0.717) is 17.3 Å². The van der Waals surface area contributed by atoms with Gasteiger partial charge in [0.25, 0.3) is 0 Å². The first-order chi connectivity index (χ1) is 22.5. The highest BCUT2D eigenvalue weighted by molar-refractivity contribution is 6.24. The molecule has 0 spiro atoms. The third-order valence-corrected chi connectivity index (χ3v) is 8.37. The van der Waals surface area contributed by atoms with Crippen LogP contribution in [-0.4, -0.2) is 25.7 Å². The van der Waals surface area contributed by atoms with Gasteiger partial charge in [-0.05, 0) is 72.1 Å².